The van der Waals surface area contributed by atoms with E-state index in [1.807, 2.05) is 0 Å². The van der Waals surface area contributed by atoms with Crippen molar-refractivity contribution in [3.05, 3.63) is 0 Å². The van der Waals surface area contributed by atoms with Crippen molar-refractivity contribution in [1.29, 1.82) is 0 Å². The Balaban J connectivity index is 2.86. The molecule has 0 aromatic heterocycles. The highest BCUT2D eigenvalue weighted by atomic mass is 32.2. The molecule has 1 fully saturated rings. The maximum atomic E-state index is 11.9. The Morgan fingerprint density at radius 1 is 1.47 bits per heavy atom. The van der Waals surface area contributed by atoms with E-state index >= 15 is 0 Å². The van der Waals surface area contributed by atoms with Gasteiger partial charge in [0.15, 0.2) is 9.84 Å². The van der Waals surface area contributed by atoms with Gasteiger partial charge < -0.3 is 10.0 Å². The predicted octanol–water partition coefficient (Wildman–Crippen LogP) is -0.597. The summed E-state index contributed by atoms with van der Waals surface area (Å²) >= 11 is 0. The van der Waals surface area contributed by atoms with Gasteiger partial charge in [-0.05, 0) is 20.3 Å². The number of aliphatic hydroxyl groups excluding tert-OH is 1. The Kier molecular flexibility index (Phi) is 3.11. The number of sulfone groups is 1. The van der Waals surface area contributed by atoms with E-state index in [1.165, 1.54) is 18.7 Å². The summed E-state index contributed by atoms with van der Waals surface area (Å²) in [6, 6.07) is 0. The first kappa shape index (κ1) is 12.4. The molecule has 1 atom stereocenters. The van der Waals surface area contributed by atoms with Crippen molar-refractivity contribution in [2.45, 2.75) is 31.1 Å². The molecule has 0 spiro atoms. The van der Waals surface area contributed by atoms with E-state index in [2.05, 4.69) is 0 Å². The smallest absolute Gasteiger partial charge is 0.243 e. The van der Waals surface area contributed by atoms with Gasteiger partial charge in [-0.25, -0.2) is 8.42 Å². The Labute approximate surface area is 90.0 Å². The Bertz CT molecular complexity index is 360. The van der Waals surface area contributed by atoms with Crippen LogP contribution in [0.25, 0.3) is 0 Å². The van der Waals surface area contributed by atoms with Crippen LogP contribution in [0.3, 0.4) is 0 Å². The lowest BCUT2D eigenvalue weighted by Crippen LogP contribution is -2.49. The summed E-state index contributed by atoms with van der Waals surface area (Å²) in [5.41, 5.74) is 0. The van der Waals surface area contributed by atoms with Crippen molar-refractivity contribution in [3.8, 4) is 0 Å². The van der Waals surface area contributed by atoms with Crippen LogP contribution in [0.15, 0.2) is 0 Å². The summed E-state index contributed by atoms with van der Waals surface area (Å²) in [7, 11) is -3.43. The highest BCUT2D eigenvalue weighted by Gasteiger charge is 2.42. The summed E-state index contributed by atoms with van der Waals surface area (Å²) in [4.78, 5) is 13.3. The van der Waals surface area contributed by atoms with Gasteiger partial charge in [-0.1, -0.05) is 0 Å². The molecular formula is C9H17NO4S. The molecule has 0 aromatic carbocycles. The Morgan fingerprint density at radius 3 is 2.33 bits per heavy atom. The molecule has 1 aliphatic rings. The molecule has 0 unspecified atom stereocenters. The molecule has 0 aromatic rings. The number of likely N-dealkylation sites (tertiary alicyclic amines) is 1. The third-order valence-corrected chi connectivity index (χ3v) is 4.92. The zero-order chi connectivity index (χ0) is 11.9. The average Bonchev–Trinajstić information content (AvgIpc) is 2.48. The normalized spacial score (nSPS) is 23.2. The van der Waals surface area contributed by atoms with Crippen LogP contribution in [0.5, 0.6) is 0 Å². The average molecular weight is 235 g/mol. The van der Waals surface area contributed by atoms with Gasteiger partial charge in [0, 0.05) is 19.3 Å². The molecule has 0 saturated carbocycles. The van der Waals surface area contributed by atoms with Gasteiger partial charge in [0.25, 0.3) is 0 Å². The van der Waals surface area contributed by atoms with Crippen LogP contribution >= 0.6 is 0 Å². The lowest BCUT2D eigenvalue weighted by molar-refractivity contribution is -0.132. The first-order valence-corrected chi connectivity index (χ1v) is 6.72. The summed E-state index contributed by atoms with van der Waals surface area (Å²) in [5, 5.41) is 9.27. The number of rotatable bonds is 2. The molecule has 1 saturated heterocycles. The van der Waals surface area contributed by atoms with Gasteiger partial charge in [0.2, 0.25) is 5.91 Å². The Morgan fingerprint density at radius 2 is 2.00 bits per heavy atom. The van der Waals surface area contributed by atoms with Crippen molar-refractivity contribution in [1.82, 2.24) is 4.90 Å². The summed E-state index contributed by atoms with van der Waals surface area (Å²) in [5.74, 6) is -0.429. The molecule has 1 heterocycles. The van der Waals surface area contributed by atoms with Crippen molar-refractivity contribution in [2.24, 2.45) is 0 Å². The number of carbonyl (C=O) groups is 1. The molecule has 88 valence electrons. The van der Waals surface area contributed by atoms with Gasteiger partial charge >= 0.3 is 0 Å². The van der Waals surface area contributed by atoms with E-state index in [4.69, 9.17) is 0 Å². The second-order valence-corrected chi connectivity index (χ2v) is 7.04. The van der Waals surface area contributed by atoms with E-state index in [1.54, 1.807) is 0 Å². The second kappa shape index (κ2) is 3.75. The molecule has 15 heavy (non-hydrogen) atoms. The molecule has 0 aliphatic carbocycles. The van der Waals surface area contributed by atoms with Crippen LogP contribution in [0.2, 0.25) is 0 Å². The fourth-order valence-electron chi connectivity index (χ4n) is 1.47. The highest BCUT2D eigenvalue weighted by molar-refractivity contribution is 7.92. The van der Waals surface area contributed by atoms with Gasteiger partial charge in [-0.2, -0.15) is 0 Å². The minimum atomic E-state index is -3.43. The topological polar surface area (TPSA) is 74.7 Å². The molecule has 5 nitrogen and oxygen atoms in total. The first-order valence-electron chi connectivity index (χ1n) is 4.83. The number of hydrogen-bond acceptors (Lipinski definition) is 4. The molecule has 1 amide bonds. The van der Waals surface area contributed by atoms with Crippen LogP contribution in [0, 0.1) is 0 Å². The summed E-state index contributed by atoms with van der Waals surface area (Å²) < 4.78 is 21.4. The van der Waals surface area contributed by atoms with Crippen LogP contribution < -0.4 is 0 Å². The number of nitrogens with zero attached hydrogens (tertiary/aromatic N) is 1. The van der Waals surface area contributed by atoms with Gasteiger partial charge in [0.1, 0.15) is 4.75 Å². The lowest BCUT2D eigenvalue weighted by Gasteiger charge is -2.27. The number of β-amino-alcohol motifs (C(OH)–C–C–N with tert-alkyl or cyclic N) is 1. The lowest BCUT2D eigenvalue weighted by atomic mass is 10.2. The molecule has 1 aliphatic heterocycles. The minimum absolute atomic E-state index is 0.234. The molecule has 0 bridgehead atoms. The van der Waals surface area contributed by atoms with Crippen molar-refractivity contribution < 1.29 is 18.3 Å². The number of amides is 1. The fourth-order valence-corrected chi connectivity index (χ4v) is 1.91. The standard InChI is InChI=1S/C9H17NO4S/c1-9(2,15(3,13)14)8(12)10-5-4-7(11)6-10/h7,11H,4-6H2,1-3H3/t7-/m0/s1. The van der Waals surface area contributed by atoms with Crippen LogP contribution in [-0.2, 0) is 14.6 Å². The maximum Gasteiger partial charge on any atom is 0.243 e. The largest absolute Gasteiger partial charge is 0.391 e. The quantitative estimate of drug-likeness (QED) is 0.693. The van der Waals surface area contributed by atoms with Crippen molar-refractivity contribution in [2.75, 3.05) is 19.3 Å². The monoisotopic (exact) mass is 235 g/mol. The van der Waals surface area contributed by atoms with Crippen LogP contribution in [-0.4, -0.2) is 54.5 Å². The van der Waals surface area contributed by atoms with Gasteiger partial charge in [0.05, 0.1) is 6.10 Å². The highest BCUT2D eigenvalue weighted by Crippen LogP contribution is 2.21. The molecule has 6 heteroatoms. The maximum absolute atomic E-state index is 11.9. The second-order valence-electron chi connectivity index (χ2n) is 4.48. The molecule has 1 N–H and O–H groups in total. The van der Waals surface area contributed by atoms with Crippen LogP contribution in [0.1, 0.15) is 20.3 Å². The van der Waals surface area contributed by atoms with Gasteiger partial charge in [-0.3, -0.25) is 4.79 Å². The summed E-state index contributed by atoms with van der Waals surface area (Å²) in [6.45, 7) is 3.46. The van der Waals surface area contributed by atoms with E-state index in [9.17, 15) is 18.3 Å². The number of aliphatic hydroxyl groups is 1. The first-order chi connectivity index (χ1) is 6.66. The van der Waals surface area contributed by atoms with Crippen molar-refractivity contribution in [3.63, 3.8) is 0 Å². The van der Waals surface area contributed by atoms with E-state index < -0.39 is 26.6 Å². The SMILES string of the molecule is CC(C)(C(=O)N1CC[C@H](O)C1)S(C)(=O)=O. The summed E-state index contributed by atoms with van der Waals surface area (Å²) in [6.07, 6.45) is 1.05. The van der Waals surface area contributed by atoms with Crippen LogP contribution in [0.4, 0.5) is 0 Å². The van der Waals surface area contributed by atoms with Gasteiger partial charge in [-0.15, -0.1) is 0 Å². The zero-order valence-electron chi connectivity index (χ0n) is 9.23. The Hall–Kier alpha value is -0.620. The van der Waals surface area contributed by atoms with E-state index in [-0.39, 0.29) is 6.54 Å². The zero-order valence-corrected chi connectivity index (χ0v) is 10.0. The predicted molar refractivity (Wildman–Crippen MR) is 56.1 cm³/mol. The number of hydrogen-bond donors (Lipinski definition) is 1. The molecular weight excluding hydrogens is 218 g/mol. The van der Waals surface area contributed by atoms with E-state index in [0.29, 0.717) is 13.0 Å². The molecule has 1 rings (SSSR count). The third-order valence-electron chi connectivity index (χ3n) is 2.89. The molecule has 0 radical (unpaired) electrons. The fraction of sp³-hybridized carbons (Fsp3) is 0.889. The van der Waals surface area contributed by atoms with Crippen molar-refractivity contribution >= 4 is 15.7 Å². The third kappa shape index (κ3) is 2.31. The number of carbonyl (C=O) groups excluding carboxylic acids is 1. The van der Waals surface area contributed by atoms with E-state index in [0.717, 1.165) is 6.26 Å². The minimum Gasteiger partial charge on any atom is -0.391 e.